The molecule has 0 fully saturated rings. The van der Waals surface area contributed by atoms with E-state index in [9.17, 15) is 0 Å². The van der Waals surface area contributed by atoms with Crippen LogP contribution in [-0.2, 0) is 6.42 Å². The Labute approximate surface area is 123 Å². The summed E-state index contributed by atoms with van der Waals surface area (Å²) in [4.78, 5) is 0. The van der Waals surface area contributed by atoms with Gasteiger partial charge in [0.2, 0.25) is 0 Å². The number of allylic oxidation sites excluding steroid dienone is 3. The summed E-state index contributed by atoms with van der Waals surface area (Å²) in [6, 6.07) is 13.5. The van der Waals surface area contributed by atoms with Crippen LogP contribution in [0.25, 0.3) is 39.8 Å². The number of hydrogen-bond donors (Lipinski definition) is 0. The molecule has 2 aliphatic rings. The molecule has 0 aromatic heterocycles. The largest absolute Gasteiger partial charge is 0.0801 e. The molecule has 0 heterocycles. The normalized spacial score (nSPS) is 14.9. The summed E-state index contributed by atoms with van der Waals surface area (Å²) in [7, 11) is 0. The van der Waals surface area contributed by atoms with Gasteiger partial charge in [0.15, 0.2) is 0 Å². The van der Waals surface area contributed by atoms with Crippen LogP contribution in [0.3, 0.4) is 0 Å². The topological polar surface area (TPSA) is 0 Å². The Morgan fingerprint density at radius 1 is 0.762 bits per heavy atom. The van der Waals surface area contributed by atoms with Gasteiger partial charge in [0, 0.05) is 0 Å². The van der Waals surface area contributed by atoms with Gasteiger partial charge < -0.3 is 0 Å². The number of rotatable bonds is 0. The Morgan fingerprint density at radius 2 is 1.67 bits per heavy atom. The van der Waals surface area contributed by atoms with Crippen LogP contribution in [0.15, 0.2) is 54.6 Å². The zero-order valence-corrected chi connectivity index (χ0v) is 11.6. The van der Waals surface area contributed by atoms with Crippen LogP contribution >= 0.6 is 0 Å². The van der Waals surface area contributed by atoms with E-state index >= 15 is 0 Å². The quantitative estimate of drug-likeness (QED) is 0.544. The molecule has 98 valence electrons. The van der Waals surface area contributed by atoms with Crippen molar-refractivity contribution in [1.29, 1.82) is 0 Å². The fourth-order valence-corrected chi connectivity index (χ4v) is 3.67. The highest BCUT2D eigenvalue weighted by Crippen LogP contribution is 2.27. The van der Waals surface area contributed by atoms with Crippen LogP contribution in [0.5, 0.6) is 0 Å². The molecule has 0 nitrogen and oxygen atoms in total. The summed E-state index contributed by atoms with van der Waals surface area (Å²) in [6.45, 7) is 0. The van der Waals surface area contributed by atoms with E-state index in [1.807, 2.05) is 0 Å². The van der Waals surface area contributed by atoms with Crippen molar-refractivity contribution >= 4 is 39.8 Å². The maximum absolute atomic E-state index is 2.36. The Kier molecular flexibility index (Phi) is 2.09. The summed E-state index contributed by atoms with van der Waals surface area (Å²) in [5.74, 6) is 0. The van der Waals surface area contributed by atoms with Crippen molar-refractivity contribution in [3.8, 4) is 0 Å². The molecule has 3 aromatic carbocycles. The lowest BCUT2D eigenvalue weighted by atomic mass is 9.90. The van der Waals surface area contributed by atoms with Crippen molar-refractivity contribution in [3.63, 3.8) is 0 Å². The summed E-state index contributed by atoms with van der Waals surface area (Å²) in [5, 5.41) is 8.25. The number of fused-ring (bicyclic) bond motifs is 7. The SMILES string of the molecule is C1=CCc2c(c3ccccc3c3cc4c(cc23)C=CC=4)=C1. The van der Waals surface area contributed by atoms with Gasteiger partial charge in [-0.25, -0.2) is 0 Å². The predicted molar refractivity (Wildman–Crippen MR) is 91.5 cm³/mol. The molecule has 0 saturated carbocycles. The van der Waals surface area contributed by atoms with Gasteiger partial charge in [-0.3, -0.25) is 0 Å². The van der Waals surface area contributed by atoms with E-state index in [-0.39, 0.29) is 0 Å². The van der Waals surface area contributed by atoms with Crippen LogP contribution in [-0.4, -0.2) is 0 Å². The van der Waals surface area contributed by atoms with E-state index in [0.717, 1.165) is 6.42 Å². The first-order chi connectivity index (χ1) is 10.4. The molecule has 0 radical (unpaired) electrons. The Balaban J connectivity index is 2.14. The molecular formula is C21H14. The molecular weight excluding hydrogens is 252 g/mol. The maximum atomic E-state index is 2.36. The zero-order chi connectivity index (χ0) is 13.8. The lowest BCUT2D eigenvalue weighted by Crippen LogP contribution is -2.14. The molecule has 0 unspecified atom stereocenters. The van der Waals surface area contributed by atoms with Crippen LogP contribution in [0.1, 0.15) is 11.1 Å². The third kappa shape index (κ3) is 1.45. The molecule has 0 heteroatoms. The third-order valence-electron chi connectivity index (χ3n) is 4.65. The maximum Gasteiger partial charge on any atom is -0.00820 e. The Bertz CT molecular complexity index is 1090. The molecule has 2 aliphatic carbocycles. The first-order valence-corrected chi connectivity index (χ1v) is 7.44. The molecule has 0 bridgehead atoms. The molecule has 5 rings (SSSR count). The Hall–Kier alpha value is -2.60. The van der Waals surface area contributed by atoms with Gasteiger partial charge >= 0.3 is 0 Å². The highest BCUT2D eigenvalue weighted by molar-refractivity contribution is 6.10. The molecule has 21 heavy (non-hydrogen) atoms. The first-order valence-electron chi connectivity index (χ1n) is 7.44. The average Bonchev–Trinajstić information content (AvgIpc) is 3.01. The van der Waals surface area contributed by atoms with Crippen LogP contribution in [0, 0.1) is 0 Å². The Morgan fingerprint density at radius 3 is 2.62 bits per heavy atom. The third-order valence-corrected chi connectivity index (χ3v) is 4.65. The fourth-order valence-electron chi connectivity index (χ4n) is 3.67. The second-order valence-electron chi connectivity index (χ2n) is 5.79. The van der Waals surface area contributed by atoms with E-state index in [2.05, 4.69) is 72.9 Å². The van der Waals surface area contributed by atoms with Crippen molar-refractivity contribution in [1.82, 2.24) is 0 Å². The average molecular weight is 266 g/mol. The highest BCUT2D eigenvalue weighted by atomic mass is 14.2. The number of hydrogen-bond acceptors (Lipinski definition) is 0. The second kappa shape index (κ2) is 3.95. The molecule has 0 N–H and O–H groups in total. The lowest BCUT2D eigenvalue weighted by Gasteiger charge is -2.14. The lowest BCUT2D eigenvalue weighted by molar-refractivity contribution is 1.27. The monoisotopic (exact) mass is 266 g/mol. The van der Waals surface area contributed by atoms with Gasteiger partial charge in [-0.1, -0.05) is 60.7 Å². The molecule has 0 spiro atoms. The summed E-state index contributed by atoms with van der Waals surface area (Å²) >= 11 is 0. The molecule has 0 aliphatic heterocycles. The van der Waals surface area contributed by atoms with Gasteiger partial charge in [0.05, 0.1) is 0 Å². The van der Waals surface area contributed by atoms with Crippen molar-refractivity contribution in [3.05, 3.63) is 76.2 Å². The van der Waals surface area contributed by atoms with Crippen molar-refractivity contribution < 1.29 is 0 Å². The van der Waals surface area contributed by atoms with Gasteiger partial charge in [-0.15, -0.1) is 0 Å². The minimum Gasteiger partial charge on any atom is -0.0801 e. The van der Waals surface area contributed by atoms with Crippen LogP contribution < -0.4 is 10.4 Å². The highest BCUT2D eigenvalue weighted by Gasteiger charge is 2.12. The predicted octanol–water partition coefficient (Wildman–Crippen LogP) is 3.69. The molecule has 0 amide bonds. The smallest absolute Gasteiger partial charge is 0.00820 e. The standard InChI is InChI=1S/C21H14/c1-3-10-18-16(8-1)17-9-2-4-11-19(17)21-13-15-7-5-6-14(15)12-20(18)21/h1-10,12-13H,11H2. The van der Waals surface area contributed by atoms with Crippen LogP contribution in [0.2, 0.25) is 0 Å². The van der Waals surface area contributed by atoms with Gasteiger partial charge in [-0.05, 0) is 61.7 Å². The van der Waals surface area contributed by atoms with E-state index in [4.69, 9.17) is 0 Å². The van der Waals surface area contributed by atoms with E-state index in [1.165, 1.54) is 43.1 Å². The van der Waals surface area contributed by atoms with Crippen molar-refractivity contribution in [2.24, 2.45) is 0 Å². The van der Waals surface area contributed by atoms with E-state index < -0.39 is 0 Å². The minimum absolute atomic E-state index is 1.03. The number of benzene rings is 3. The van der Waals surface area contributed by atoms with Gasteiger partial charge in [0.1, 0.15) is 0 Å². The van der Waals surface area contributed by atoms with Crippen molar-refractivity contribution in [2.45, 2.75) is 6.42 Å². The molecule has 0 atom stereocenters. The zero-order valence-electron chi connectivity index (χ0n) is 11.6. The summed E-state index contributed by atoms with van der Waals surface area (Å²) in [5.41, 5.74) is 2.81. The second-order valence-corrected chi connectivity index (χ2v) is 5.79. The van der Waals surface area contributed by atoms with Gasteiger partial charge in [0.25, 0.3) is 0 Å². The minimum atomic E-state index is 1.03. The van der Waals surface area contributed by atoms with Crippen LogP contribution in [0.4, 0.5) is 0 Å². The van der Waals surface area contributed by atoms with Crippen molar-refractivity contribution in [2.75, 3.05) is 0 Å². The summed E-state index contributed by atoms with van der Waals surface area (Å²) in [6.07, 6.45) is 14.3. The van der Waals surface area contributed by atoms with E-state index in [1.54, 1.807) is 0 Å². The first kappa shape index (κ1) is 11.1. The van der Waals surface area contributed by atoms with E-state index in [0.29, 0.717) is 0 Å². The molecule has 3 aromatic rings. The molecule has 0 saturated heterocycles. The fraction of sp³-hybridized carbons (Fsp3) is 0.0476. The summed E-state index contributed by atoms with van der Waals surface area (Å²) < 4.78 is 0. The van der Waals surface area contributed by atoms with Gasteiger partial charge in [-0.2, -0.15) is 0 Å².